The van der Waals surface area contributed by atoms with Crippen LogP contribution in [0.1, 0.15) is 42.1 Å². The van der Waals surface area contributed by atoms with Crippen molar-refractivity contribution in [2.45, 2.75) is 32.6 Å². The molecule has 0 aromatic heterocycles. The molecule has 0 aliphatic heterocycles. The van der Waals surface area contributed by atoms with Crippen molar-refractivity contribution in [3.8, 4) is 5.75 Å². The van der Waals surface area contributed by atoms with Crippen LogP contribution in [0.25, 0.3) is 0 Å². The van der Waals surface area contributed by atoms with Crippen molar-refractivity contribution >= 4 is 5.78 Å². The molecule has 2 nitrogen and oxygen atoms in total. The highest BCUT2D eigenvalue weighted by molar-refractivity contribution is 5.96. The number of hydrogen-bond donors (Lipinski definition) is 0. The number of ketones is 1. The number of aryl methyl sites for hydroxylation is 1. The second-order valence-corrected chi connectivity index (χ2v) is 5.14. The molecule has 0 aliphatic rings. The van der Waals surface area contributed by atoms with Gasteiger partial charge in [0.25, 0.3) is 0 Å². The van der Waals surface area contributed by atoms with Crippen molar-refractivity contribution in [2.24, 2.45) is 0 Å². The lowest BCUT2D eigenvalue weighted by atomic mass is 10.0. The molecule has 0 radical (unpaired) electrons. The van der Waals surface area contributed by atoms with Gasteiger partial charge in [0.15, 0.2) is 5.78 Å². The normalized spacial score (nSPS) is 10.3. The zero-order valence-electron chi connectivity index (χ0n) is 12.5. The fourth-order valence-corrected chi connectivity index (χ4v) is 2.22. The van der Waals surface area contributed by atoms with E-state index in [-0.39, 0.29) is 5.78 Å². The van der Waals surface area contributed by atoms with Crippen molar-refractivity contribution in [1.82, 2.24) is 0 Å². The van der Waals surface area contributed by atoms with E-state index in [0.29, 0.717) is 13.0 Å². The summed E-state index contributed by atoms with van der Waals surface area (Å²) in [6, 6.07) is 17.8. The molecule has 0 spiro atoms. The lowest BCUT2D eigenvalue weighted by molar-refractivity contribution is 0.0979. The molecular weight excluding hydrogens is 260 g/mol. The highest BCUT2D eigenvalue weighted by atomic mass is 16.5. The molecular formula is C19H22O2. The molecule has 2 aromatic rings. The van der Waals surface area contributed by atoms with Crippen molar-refractivity contribution < 1.29 is 9.53 Å². The van der Waals surface area contributed by atoms with Gasteiger partial charge in [-0.15, -0.1) is 0 Å². The summed E-state index contributed by atoms with van der Waals surface area (Å²) in [4.78, 5) is 12.2. The molecule has 0 unspecified atom stereocenters. The third-order valence-electron chi connectivity index (χ3n) is 3.34. The summed E-state index contributed by atoms with van der Waals surface area (Å²) in [6.07, 6.45) is 3.36. The molecule has 0 bridgehead atoms. The van der Waals surface area contributed by atoms with Crippen LogP contribution in [0.3, 0.4) is 0 Å². The predicted molar refractivity (Wildman–Crippen MR) is 85.9 cm³/mol. The molecule has 0 saturated heterocycles. The van der Waals surface area contributed by atoms with Crippen LogP contribution in [-0.2, 0) is 6.42 Å². The number of carbonyl (C=O) groups excluding carboxylic acids is 1. The van der Waals surface area contributed by atoms with Crippen LogP contribution in [0.2, 0.25) is 0 Å². The van der Waals surface area contributed by atoms with Crippen LogP contribution in [0.15, 0.2) is 54.6 Å². The van der Waals surface area contributed by atoms with Gasteiger partial charge in [-0.1, -0.05) is 49.4 Å². The minimum absolute atomic E-state index is 0.188. The van der Waals surface area contributed by atoms with Crippen molar-refractivity contribution in [3.05, 3.63) is 65.7 Å². The first-order chi connectivity index (χ1) is 10.3. The SMILES string of the molecule is CCCOc1cccc(C(=O)CCCc2ccccc2)c1. The summed E-state index contributed by atoms with van der Waals surface area (Å²) < 4.78 is 5.57. The van der Waals surface area contributed by atoms with Gasteiger partial charge >= 0.3 is 0 Å². The maximum absolute atomic E-state index is 12.2. The van der Waals surface area contributed by atoms with E-state index >= 15 is 0 Å². The Labute approximate surface area is 126 Å². The van der Waals surface area contributed by atoms with E-state index in [0.717, 1.165) is 30.6 Å². The van der Waals surface area contributed by atoms with Gasteiger partial charge in [0.05, 0.1) is 6.61 Å². The number of rotatable bonds is 8. The first-order valence-electron chi connectivity index (χ1n) is 7.59. The lowest BCUT2D eigenvalue weighted by Gasteiger charge is -2.06. The first kappa shape index (κ1) is 15.3. The minimum Gasteiger partial charge on any atom is -0.494 e. The summed E-state index contributed by atoms with van der Waals surface area (Å²) in [5.41, 5.74) is 2.03. The average molecular weight is 282 g/mol. The van der Waals surface area contributed by atoms with Crippen LogP contribution in [0, 0.1) is 0 Å². The number of benzene rings is 2. The van der Waals surface area contributed by atoms with Crippen LogP contribution >= 0.6 is 0 Å². The topological polar surface area (TPSA) is 26.3 Å². The summed E-state index contributed by atoms with van der Waals surface area (Å²) in [5, 5.41) is 0. The van der Waals surface area contributed by atoms with Crippen LogP contribution in [-0.4, -0.2) is 12.4 Å². The number of Topliss-reactive ketones (excluding diaryl/α,β-unsaturated/α-hetero) is 1. The molecule has 0 aliphatic carbocycles. The monoisotopic (exact) mass is 282 g/mol. The average Bonchev–Trinajstić information content (AvgIpc) is 2.54. The summed E-state index contributed by atoms with van der Waals surface area (Å²) in [5.74, 6) is 0.971. The summed E-state index contributed by atoms with van der Waals surface area (Å²) >= 11 is 0. The molecule has 0 saturated carbocycles. The van der Waals surface area contributed by atoms with E-state index in [1.807, 2.05) is 42.5 Å². The van der Waals surface area contributed by atoms with Gasteiger partial charge in [0.2, 0.25) is 0 Å². The zero-order chi connectivity index (χ0) is 14.9. The molecule has 0 heterocycles. The van der Waals surface area contributed by atoms with E-state index in [1.54, 1.807) is 0 Å². The Morgan fingerprint density at radius 2 is 1.86 bits per heavy atom. The molecule has 110 valence electrons. The van der Waals surface area contributed by atoms with Gasteiger partial charge < -0.3 is 4.74 Å². The Bertz CT molecular complexity index is 561. The molecule has 2 aromatic carbocycles. The highest BCUT2D eigenvalue weighted by Gasteiger charge is 2.07. The van der Waals surface area contributed by atoms with Crippen LogP contribution in [0.5, 0.6) is 5.75 Å². The molecule has 0 amide bonds. The summed E-state index contributed by atoms with van der Waals surface area (Å²) in [6.45, 7) is 2.75. The van der Waals surface area contributed by atoms with Gasteiger partial charge in [0.1, 0.15) is 5.75 Å². The quantitative estimate of drug-likeness (QED) is 0.657. The lowest BCUT2D eigenvalue weighted by Crippen LogP contribution is -2.01. The van der Waals surface area contributed by atoms with Crippen LogP contribution < -0.4 is 4.74 Å². The zero-order valence-corrected chi connectivity index (χ0v) is 12.5. The number of ether oxygens (including phenoxy) is 1. The summed E-state index contributed by atoms with van der Waals surface area (Å²) in [7, 11) is 0. The maximum Gasteiger partial charge on any atom is 0.163 e. The smallest absolute Gasteiger partial charge is 0.163 e. The fraction of sp³-hybridized carbons (Fsp3) is 0.316. The van der Waals surface area contributed by atoms with E-state index in [2.05, 4.69) is 19.1 Å². The first-order valence-corrected chi connectivity index (χ1v) is 7.59. The third-order valence-corrected chi connectivity index (χ3v) is 3.34. The van der Waals surface area contributed by atoms with Crippen LogP contribution in [0.4, 0.5) is 0 Å². The van der Waals surface area contributed by atoms with E-state index in [4.69, 9.17) is 4.74 Å². The largest absolute Gasteiger partial charge is 0.494 e. The Kier molecular flexibility index (Phi) is 6.01. The van der Waals surface area contributed by atoms with E-state index < -0.39 is 0 Å². The number of hydrogen-bond acceptors (Lipinski definition) is 2. The Balaban J connectivity index is 1.85. The fourth-order valence-electron chi connectivity index (χ4n) is 2.22. The van der Waals surface area contributed by atoms with Crippen molar-refractivity contribution in [3.63, 3.8) is 0 Å². The third kappa shape index (κ3) is 5.07. The van der Waals surface area contributed by atoms with Crippen molar-refractivity contribution in [2.75, 3.05) is 6.61 Å². The van der Waals surface area contributed by atoms with Gasteiger partial charge in [-0.2, -0.15) is 0 Å². The van der Waals surface area contributed by atoms with E-state index in [9.17, 15) is 4.79 Å². The highest BCUT2D eigenvalue weighted by Crippen LogP contribution is 2.16. The van der Waals surface area contributed by atoms with Gasteiger partial charge in [-0.3, -0.25) is 4.79 Å². The molecule has 2 rings (SSSR count). The van der Waals surface area contributed by atoms with Gasteiger partial charge in [-0.25, -0.2) is 0 Å². The van der Waals surface area contributed by atoms with Gasteiger partial charge in [0, 0.05) is 12.0 Å². The molecule has 21 heavy (non-hydrogen) atoms. The predicted octanol–water partition coefficient (Wildman–Crippen LogP) is 4.68. The molecule has 0 fully saturated rings. The second kappa shape index (κ2) is 8.25. The Morgan fingerprint density at radius 1 is 1.05 bits per heavy atom. The molecule has 0 atom stereocenters. The maximum atomic E-state index is 12.2. The van der Waals surface area contributed by atoms with Gasteiger partial charge in [-0.05, 0) is 37.0 Å². The standard InChI is InChI=1S/C19H22O2/c1-2-14-21-18-12-7-11-17(15-18)19(20)13-6-10-16-8-4-3-5-9-16/h3-5,7-9,11-12,15H,2,6,10,13-14H2,1H3. The minimum atomic E-state index is 0.188. The Hall–Kier alpha value is -2.09. The number of carbonyl (C=O) groups is 1. The Morgan fingerprint density at radius 3 is 2.62 bits per heavy atom. The molecule has 0 N–H and O–H groups in total. The van der Waals surface area contributed by atoms with Crippen molar-refractivity contribution in [1.29, 1.82) is 0 Å². The van der Waals surface area contributed by atoms with E-state index in [1.165, 1.54) is 5.56 Å². The molecule has 2 heteroatoms. The second-order valence-electron chi connectivity index (χ2n) is 5.14.